The van der Waals surface area contributed by atoms with Crippen molar-refractivity contribution in [2.24, 2.45) is 0 Å². The van der Waals surface area contributed by atoms with E-state index in [1.54, 1.807) is 12.1 Å². The SMILES string of the molecule is CC(C)c1cc(OO)c(C(C)C)cc1OO. The van der Waals surface area contributed by atoms with Crippen molar-refractivity contribution in [3.05, 3.63) is 23.3 Å². The van der Waals surface area contributed by atoms with Crippen LogP contribution in [0.15, 0.2) is 12.1 Å². The van der Waals surface area contributed by atoms with Gasteiger partial charge in [-0.3, -0.25) is 0 Å². The van der Waals surface area contributed by atoms with E-state index in [1.165, 1.54) is 0 Å². The fourth-order valence-corrected chi connectivity index (χ4v) is 1.65. The fraction of sp³-hybridized carbons (Fsp3) is 0.500. The Morgan fingerprint density at radius 3 is 1.31 bits per heavy atom. The topological polar surface area (TPSA) is 58.9 Å². The Morgan fingerprint density at radius 1 is 0.812 bits per heavy atom. The highest BCUT2D eigenvalue weighted by molar-refractivity contribution is 5.48. The fourth-order valence-electron chi connectivity index (χ4n) is 1.65. The molecule has 1 rings (SSSR count). The molecule has 4 heteroatoms. The van der Waals surface area contributed by atoms with Crippen LogP contribution < -0.4 is 9.78 Å². The van der Waals surface area contributed by atoms with Gasteiger partial charge in [0.15, 0.2) is 11.5 Å². The molecule has 0 saturated heterocycles. The molecule has 2 N–H and O–H groups in total. The molecule has 0 amide bonds. The van der Waals surface area contributed by atoms with Crippen molar-refractivity contribution in [2.45, 2.75) is 39.5 Å². The molecular formula is C12H18O4. The Balaban J connectivity index is 3.34. The van der Waals surface area contributed by atoms with E-state index in [4.69, 9.17) is 10.5 Å². The third-order valence-corrected chi connectivity index (χ3v) is 2.58. The summed E-state index contributed by atoms with van der Waals surface area (Å²) < 4.78 is 0. The monoisotopic (exact) mass is 226 g/mol. The summed E-state index contributed by atoms with van der Waals surface area (Å²) in [5, 5.41) is 17.7. The first kappa shape index (κ1) is 12.8. The van der Waals surface area contributed by atoms with Crippen LogP contribution in [0, 0.1) is 0 Å². The minimum atomic E-state index is 0.164. The molecule has 0 saturated carbocycles. The maximum atomic E-state index is 8.83. The van der Waals surface area contributed by atoms with Gasteiger partial charge in [-0.15, -0.1) is 0 Å². The van der Waals surface area contributed by atoms with E-state index >= 15 is 0 Å². The van der Waals surface area contributed by atoms with Crippen LogP contribution in [0.3, 0.4) is 0 Å². The zero-order chi connectivity index (χ0) is 12.3. The average Bonchev–Trinajstić information content (AvgIpc) is 2.26. The molecule has 0 aromatic heterocycles. The first-order valence-corrected chi connectivity index (χ1v) is 5.31. The van der Waals surface area contributed by atoms with E-state index in [-0.39, 0.29) is 11.8 Å². The molecule has 0 radical (unpaired) electrons. The lowest BCUT2D eigenvalue weighted by Crippen LogP contribution is -2.01. The smallest absolute Gasteiger partial charge is 0.169 e. The molecule has 0 aliphatic rings. The predicted molar refractivity (Wildman–Crippen MR) is 61.1 cm³/mol. The van der Waals surface area contributed by atoms with Crippen molar-refractivity contribution in [1.82, 2.24) is 0 Å². The van der Waals surface area contributed by atoms with E-state index in [0.29, 0.717) is 11.5 Å². The van der Waals surface area contributed by atoms with E-state index in [9.17, 15) is 0 Å². The van der Waals surface area contributed by atoms with Crippen LogP contribution in [0.5, 0.6) is 11.5 Å². The number of benzene rings is 1. The van der Waals surface area contributed by atoms with Gasteiger partial charge in [-0.25, -0.2) is 10.5 Å². The van der Waals surface area contributed by atoms with Crippen LogP contribution in [0.2, 0.25) is 0 Å². The molecule has 1 aromatic carbocycles. The first-order valence-electron chi connectivity index (χ1n) is 5.31. The molecule has 4 nitrogen and oxygen atoms in total. The van der Waals surface area contributed by atoms with Crippen molar-refractivity contribution < 1.29 is 20.3 Å². The lowest BCUT2D eigenvalue weighted by atomic mass is 9.95. The third-order valence-electron chi connectivity index (χ3n) is 2.58. The van der Waals surface area contributed by atoms with Gasteiger partial charge in [0.2, 0.25) is 0 Å². The van der Waals surface area contributed by atoms with Crippen molar-refractivity contribution in [2.75, 3.05) is 0 Å². The largest absolute Gasteiger partial charge is 0.340 e. The second kappa shape index (κ2) is 5.18. The van der Waals surface area contributed by atoms with Crippen molar-refractivity contribution in [1.29, 1.82) is 0 Å². The summed E-state index contributed by atoms with van der Waals surface area (Å²) in [5.74, 6) is 1.13. The highest BCUT2D eigenvalue weighted by Gasteiger charge is 2.17. The van der Waals surface area contributed by atoms with Gasteiger partial charge in [0.25, 0.3) is 0 Å². The molecule has 0 aliphatic carbocycles. The normalized spacial score (nSPS) is 11.0. The third kappa shape index (κ3) is 2.46. The highest BCUT2D eigenvalue weighted by atomic mass is 17.1. The lowest BCUT2D eigenvalue weighted by molar-refractivity contribution is -0.142. The predicted octanol–water partition coefficient (Wildman–Crippen LogP) is 3.64. The van der Waals surface area contributed by atoms with Crippen LogP contribution >= 0.6 is 0 Å². The van der Waals surface area contributed by atoms with E-state index in [0.717, 1.165) is 11.1 Å². The lowest BCUT2D eigenvalue weighted by Gasteiger charge is -2.16. The Labute approximate surface area is 95.3 Å². The summed E-state index contributed by atoms with van der Waals surface area (Å²) in [7, 11) is 0. The Hall–Kier alpha value is -1.26. The van der Waals surface area contributed by atoms with Gasteiger partial charge in [-0.2, -0.15) is 0 Å². The highest BCUT2D eigenvalue weighted by Crippen LogP contribution is 2.36. The van der Waals surface area contributed by atoms with Crippen molar-refractivity contribution in [3.63, 3.8) is 0 Å². The first-order chi connectivity index (χ1) is 7.51. The van der Waals surface area contributed by atoms with Gasteiger partial charge in [-0.1, -0.05) is 27.7 Å². The second-order valence-electron chi connectivity index (χ2n) is 4.42. The zero-order valence-corrected chi connectivity index (χ0v) is 10.0. The summed E-state index contributed by atoms with van der Waals surface area (Å²) in [4.78, 5) is 8.72. The van der Waals surface area contributed by atoms with Crippen LogP contribution in [-0.2, 0) is 0 Å². The van der Waals surface area contributed by atoms with Crippen LogP contribution in [0.1, 0.15) is 50.7 Å². The molecule has 0 atom stereocenters. The van der Waals surface area contributed by atoms with Crippen LogP contribution in [0.25, 0.3) is 0 Å². The van der Waals surface area contributed by atoms with E-state index in [1.807, 2.05) is 27.7 Å². The maximum Gasteiger partial charge on any atom is 0.169 e. The zero-order valence-electron chi connectivity index (χ0n) is 10.0. The standard InChI is InChI=1S/C12H18O4/c1-7(2)9-5-12(16-14)10(8(3)4)6-11(9)15-13/h5-8,13-14H,1-4H3. The minimum absolute atomic E-state index is 0.164. The molecule has 1 aromatic rings. The van der Waals surface area contributed by atoms with E-state index in [2.05, 4.69) is 9.78 Å². The van der Waals surface area contributed by atoms with Crippen molar-refractivity contribution >= 4 is 0 Å². The van der Waals surface area contributed by atoms with Gasteiger partial charge in [-0.05, 0) is 24.0 Å². The van der Waals surface area contributed by atoms with Gasteiger partial charge in [0, 0.05) is 11.1 Å². The molecule has 0 fully saturated rings. The molecule has 90 valence electrons. The van der Waals surface area contributed by atoms with Gasteiger partial charge in [0.1, 0.15) is 0 Å². The van der Waals surface area contributed by atoms with Gasteiger partial charge in [0.05, 0.1) is 0 Å². The average molecular weight is 226 g/mol. The van der Waals surface area contributed by atoms with Crippen LogP contribution in [0.4, 0.5) is 0 Å². The minimum Gasteiger partial charge on any atom is -0.340 e. The van der Waals surface area contributed by atoms with Gasteiger partial charge < -0.3 is 9.78 Å². The molecule has 0 bridgehead atoms. The second-order valence-corrected chi connectivity index (χ2v) is 4.42. The Bertz CT molecular complexity index is 323. The maximum absolute atomic E-state index is 8.83. The molecule has 16 heavy (non-hydrogen) atoms. The summed E-state index contributed by atoms with van der Waals surface area (Å²) in [6, 6.07) is 3.37. The molecular weight excluding hydrogens is 208 g/mol. The molecule has 0 spiro atoms. The Morgan fingerprint density at radius 2 is 1.12 bits per heavy atom. The molecule has 0 unspecified atom stereocenters. The quantitative estimate of drug-likeness (QED) is 0.608. The number of hydrogen-bond donors (Lipinski definition) is 2. The summed E-state index contributed by atoms with van der Waals surface area (Å²) in [5.41, 5.74) is 1.58. The summed E-state index contributed by atoms with van der Waals surface area (Å²) in [6.45, 7) is 7.87. The number of rotatable bonds is 4. The summed E-state index contributed by atoms with van der Waals surface area (Å²) in [6.07, 6.45) is 0. The molecule has 0 aliphatic heterocycles. The summed E-state index contributed by atoms with van der Waals surface area (Å²) >= 11 is 0. The van der Waals surface area contributed by atoms with E-state index < -0.39 is 0 Å². The number of hydrogen-bond acceptors (Lipinski definition) is 4. The van der Waals surface area contributed by atoms with Gasteiger partial charge >= 0.3 is 0 Å². The van der Waals surface area contributed by atoms with Crippen LogP contribution in [-0.4, -0.2) is 10.5 Å². The Kier molecular flexibility index (Phi) is 4.15. The molecule has 0 heterocycles. The van der Waals surface area contributed by atoms with Crippen molar-refractivity contribution in [3.8, 4) is 11.5 Å².